The Kier molecular flexibility index (Phi) is 8.00. The molecule has 3 atom stereocenters. The van der Waals surface area contributed by atoms with E-state index in [0.717, 1.165) is 12.8 Å². The third kappa shape index (κ3) is 7.07. The van der Waals surface area contributed by atoms with Gasteiger partial charge in [0.1, 0.15) is 11.7 Å². The van der Waals surface area contributed by atoms with Gasteiger partial charge in [0.25, 0.3) is 0 Å². The highest BCUT2D eigenvalue weighted by Gasteiger charge is 2.37. The minimum Gasteiger partial charge on any atom is -0.462 e. The van der Waals surface area contributed by atoms with Crippen molar-refractivity contribution in [3.8, 4) is 0 Å². The van der Waals surface area contributed by atoms with E-state index in [9.17, 15) is 9.59 Å². The average Bonchev–Trinajstić information content (AvgIpc) is 2.45. The summed E-state index contributed by atoms with van der Waals surface area (Å²) < 4.78 is 16.1. The molecular formula is C18H33NO5. The van der Waals surface area contributed by atoms with Gasteiger partial charge < -0.3 is 19.1 Å². The molecule has 0 aromatic carbocycles. The third-order valence-electron chi connectivity index (χ3n) is 4.30. The maximum absolute atomic E-state index is 12.3. The Morgan fingerprint density at radius 1 is 1.29 bits per heavy atom. The van der Waals surface area contributed by atoms with Gasteiger partial charge in [0.15, 0.2) is 0 Å². The predicted molar refractivity (Wildman–Crippen MR) is 91.7 cm³/mol. The van der Waals surface area contributed by atoms with Crippen molar-refractivity contribution in [3.63, 3.8) is 0 Å². The van der Waals surface area contributed by atoms with Crippen LogP contribution in [0.3, 0.4) is 0 Å². The molecule has 0 bridgehead atoms. The van der Waals surface area contributed by atoms with Crippen LogP contribution in [0.1, 0.15) is 53.9 Å². The summed E-state index contributed by atoms with van der Waals surface area (Å²) in [6, 6.07) is 0. The van der Waals surface area contributed by atoms with Crippen molar-refractivity contribution < 1.29 is 23.8 Å². The Labute approximate surface area is 145 Å². The highest BCUT2D eigenvalue weighted by molar-refractivity contribution is 5.68. The van der Waals surface area contributed by atoms with Gasteiger partial charge in [0.2, 0.25) is 0 Å². The van der Waals surface area contributed by atoms with Crippen LogP contribution in [0, 0.1) is 11.8 Å². The fourth-order valence-electron chi connectivity index (χ4n) is 3.12. The quantitative estimate of drug-likeness (QED) is 0.547. The van der Waals surface area contributed by atoms with Gasteiger partial charge in [-0.1, -0.05) is 6.92 Å². The Bertz CT molecular complexity index is 418. The largest absolute Gasteiger partial charge is 0.462 e. The molecule has 1 aliphatic heterocycles. The number of nitrogens with zero attached hydrogens (tertiary/aromatic N) is 1. The van der Waals surface area contributed by atoms with Crippen molar-refractivity contribution in [3.05, 3.63) is 0 Å². The number of likely N-dealkylation sites (tertiary alicyclic amines) is 1. The highest BCUT2D eigenvalue weighted by Crippen LogP contribution is 2.30. The first-order valence-electron chi connectivity index (χ1n) is 8.78. The zero-order chi connectivity index (χ0) is 18.3. The molecule has 3 unspecified atom stereocenters. The first-order chi connectivity index (χ1) is 11.1. The summed E-state index contributed by atoms with van der Waals surface area (Å²) >= 11 is 0. The van der Waals surface area contributed by atoms with E-state index >= 15 is 0 Å². The lowest BCUT2D eigenvalue weighted by Crippen LogP contribution is -2.50. The van der Waals surface area contributed by atoms with Crippen LogP contribution >= 0.6 is 0 Å². The topological polar surface area (TPSA) is 65.1 Å². The molecule has 0 spiro atoms. The molecule has 1 fully saturated rings. The Morgan fingerprint density at radius 2 is 1.96 bits per heavy atom. The summed E-state index contributed by atoms with van der Waals surface area (Å²) in [6.45, 7) is 11.0. The Hall–Kier alpha value is -1.30. The van der Waals surface area contributed by atoms with Crippen LogP contribution in [0.25, 0.3) is 0 Å². The molecule has 1 amide bonds. The smallest absolute Gasteiger partial charge is 0.410 e. The molecule has 1 heterocycles. The summed E-state index contributed by atoms with van der Waals surface area (Å²) in [5.74, 6) is 0.182. The van der Waals surface area contributed by atoms with Crippen molar-refractivity contribution in [2.75, 3.05) is 26.8 Å². The monoisotopic (exact) mass is 343 g/mol. The van der Waals surface area contributed by atoms with Gasteiger partial charge in [0.05, 0.1) is 0 Å². The summed E-state index contributed by atoms with van der Waals surface area (Å²) in [7, 11) is 1.69. The predicted octanol–water partition coefficient (Wildman–Crippen LogP) is 3.24. The average molecular weight is 343 g/mol. The zero-order valence-corrected chi connectivity index (χ0v) is 16.0. The zero-order valence-electron chi connectivity index (χ0n) is 16.0. The van der Waals surface area contributed by atoms with E-state index in [1.54, 1.807) is 12.0 Å². The molecule has 140 valence electrons. The van der Waals surface area contributed by atoms with Crippen LogP contribution in [0.2, 0.25) is 0 Å². The third-order valence-corrected chi connectivity index (χ3v) is 4.30. The maximum atomic E-state index is 12.3. The molecule has 1 saturated heterocycles. The molecule has 0 saturated carbocycles. The fourth-order valence-corrected chi connectivity index (χ4v) is 3.12. The van der Waals surface area contributed by atoms with Gasteiger partial charge in [0, 0.05) is 46.1 Å². The molecule has 0 aromatic heterocycles. The molecule has 0 aromatic rings. The number of amides is 1. The van der Waals surface area contributed by atoms with Crippen molar-refractivity contribution >= 4 is 12.1 Å². The van der Waals surface area contributed by atoms with E-state index in [-0.39, 0.29) is 24.1 Å². The number of hydrogen-bond donors (Lipinski definition) is 0. The van der Waals surface area contributed by atoms with Crippen molar-refractivity contribution in [2.45, 2.75) is 65.6 Å². The Balaban J connectivity index is 2.73. The van der Waals surface area contributed by atoms with E-state index in [1.165, 1.54) is 6.92 Å². The first-order valence-corrected chi connectivity index (χ1v) is 8.78. The first kappa shape index (κ1) is 20.7. The lowest BCUT2D eigenvalue weighted by molar-refractivity contribution is -0.153. The number of carbonyl (C=O) groups is 2. The second-order valence-electron chi connectivity index (χ2n) is 7.64. The molecule has 1 rings (SSSR count). The fraction of sp³-hybridized carbons (Fsp3) is 0.889. The van der Waals surface area contributed by atoms with Crippen LogP contribution in [0.4, 0.5) is 4.79 Å². The number of hydrogen-bond acceptors (Lipinski definition) is 5. The van der Waals surface area contributed by atoms with Crippen LogP contribution in [-0.4, -0.2) is 55.5 Å². The summed E-state index contributed by atoms with van der Waals surface area (Å²) in [5.41, 5.74) is -0.511. The molecule has 6 nitrogen and oxygen atoms in total. The van der Waals surface area contributed by atoms with E-state index in [0.29, 0.717) is 32.0 Å². The molecule has 0 aliphatic carbocycles. The highest BCUT2D eigenvalue weighted by atomic mass is 16.6. The lowest BCUT2D eigenvalue weighted by Gasteiger charge is -2.41. The number of ether oxygens (including phenoxy) is 3. The SMILES string of the molecule is COCCCC(C)C1CN(C(=O)OC(C)(C)C)CCC1OC(C)=O. The van der Waals surface area contributed by atoms with E-state index in [2.05, 4.69) is 6.92 Å². The summed E-state index contributed by atoms with van der Waals surface area (Å²) in [6.07, 6.45) is 2.14. The number of esters is 1. The van der Waals surface area contributed by atoms with E-state index < -0.39 is 5.60 Å². The number of rotatable bonds is 6. The van der Waals surface area contributed by atoms with Gasteiger partial charge in [-0.3, -0.25) is 4.79 Å². The maximum Gasteiger partial charge on any atom is 0.410 e. The van der Waals surface area contributed by atoms with Crippen molar-refractivity contribution in [1.82, 2.24) is 4.90 Å². The second kappa shape index (κ2) is 9.25. The van der Waals surface area contributed by atoms with Crippen molar-refractivity contribution in [2.24, 2.45) is 11.8 Å². The minimum absolute atomic E-state index is 0.118. The molecular weight excluding hydrogens is 310 g/mol. The lowest BCUT2D eigenvalue weighted by atomic mass is 9.82. The molecule has 1 aliphatic rings. The molecule has 0 N–H and O–H groups in total. The van der Waals surface area contributed by atoms with Crippen LogP contribution < -0.4 is 0 Å². The second-order valence-corrected chi connectivity index (χ2v) is 7.64. The normalized spacial score (nSPS) is 22.8. The standard InChI is InChI=1S/C18H33NO5/c1-13(8-7-11-22-6)15-12-19(17(21)24-18(3,4)5)10-9-16(15)23-14(2)20/h13,15-16H,7-12H2,1-6H3. The van der Waals surface area contributed by atoms with E-state index in [4.69, 9.17) is 14.2 Å². The van der Waals surface area contributed by atoms with Gasteiger partial charge in [-0.15, -0.1) is 0 Å². The number of piperidine rings is 1. The number of methoxy groups -OCH3 is 1. The van der Waals surface area contributed by atoms with Crippen molar-refractivity contribution in [1.29, 1.82) is 0 Å². The summed E-state index contributed by atoms with van der Waals surface area (Å²) in [4.78, 5) is 25.5. The van der Waals surface area contributed by atoms with Gasteiger partial charge >= 0.3 is 12.1 Å². The van der Waals surface area contributed by atoms with Crippen LogP contribution in [-0.2, 0) is 19.0 Å². The molecule has 6 heteroatoms. The van der Waals surface area contributed by atoms with Gasteiger partial charge in [-0.25, -0.2) is 4.79 Å². The van der Waals surface area contributed by atoms with Crippen LogP contribution in [0.15, 0.2) is 0 Å². The summed E-state index contributed by atoms with van der Waals surface area (Å²) in [5, 5.41) is 0. The van der Waals surface area contributed by atoms with Gasteiger partial charge in [-0.2, -0.15) is 0 Å². The van der Waals surface area contributed by atoms with E-state index in [1.807, 2.05) is 20.8 Å². The van der Waals surface area contributed by atoms with Gasteiger partial charge in [-0.05, 0) is 39.5 Å². The van der Waals surface area contributed by atoms with Crippen LogP contribution in [0.5, 0.6) is 0 Å². The Morgan fingerprint density at radius 3 is 2.50 bits per heavy atom. The minimum atomic E-state index is -0.511. The molecule has 0 radical (unpaired) electrons. The number of carbonyl (C=O) groups excluding carboxylic acids is 2. The molecule has 24 heavy (non-hydrogen) atoms.